The standard InChI is InChI=1S/C10H13N5/c1-8(9-6-11-2-3-12-9)15-7-10-13-4-5-14-10/h2-6,8,15H,7H2,1H3,(H,13,14). The van der Waals surface area contributed by atoms with E-state index in [1.165, 1.54) is 0 Å². The normalized spacial score (nSPS) is 12.6. The molecule has 15 heavy (non-hydrogen) atoms. The van der Waals surface area contributed by atoms with Crippen molar-refractivity contribution in [2.24, 2.45) is 0 Å². The lowest BCUT2D eigenvalue weighted by molar-refractivity contribution is 0.548. The third-order valence-electron chi connectivity index (χ3n) is 2.16. The van der Waals surface area contributed by atoms with Gasteiger partial charge in [-0.25, -0.2) is 4.98 Å². The van der Waals surface area contributed by atoms with Crippen molar-refractivity contribution in [1.82, 2.24) is 25.3 Å². The molecular weight excluding hydrogens is 190 g/mol. The lowest BCUT2D eigenvalue weighted by Gasteiger charge is -2.11. The molecule has 2 N–H and O–H groups in total. The smallest absolute Gasteiger partial charge is 0.120 e. The minimum atomic E-state index is 0.170. The van der Waals surface area contributed by atoms with Gasteiger partial charge in [0.15, 0.2) is 0 Å². The summed E-state index contributed by atoms with van der Waals surface area (Å²) >= 11 is 0. The zero-order chi connectivity index (χ0) is 10.5. The van der Waals surface area contributed by atoms with Gasteiger partial charge in [-0.2, -0.15) is 0 Å². The van der Waals surface area contributed by atoms with Crippen LogP contribution in [0, 0.1) is 0 Å². The van der Waals surface area contributed by atoms with Crippen molar-refractivity contribution >= 4 is 0 Å². The molecule has 5 heteroatoms. The first-order valence-corrected chi connectivity index (χ1v) is 4.84. The van der Waals surface area contributed by atoms with Gasteiger partial charge in [0.1, 0.15) is 5.82 Å². The molecule has 0 radical (unpaired) electrons. The lowest BCUT2D eigenvalue weighted by atomic mass is 10.2. The van der Waals surface area contributed by atoms with Crippen molar-refractivity contribution in [3.63, 3.8) is 0 Å². The molecular formula is C10H13N5. The molecule has 2 aromatic heterocycles. The fraction of sp³-hybridized carbons (Fsp3) is 0.300. The fourth-order valence-corrected chi connectivity index (χ4v) is 1.28. The Morgan fingerprint density at radius 2 is 2.27 bits per heavy atom. The first-order valence-electron chi connectivity index (χ1n) is 4.84. The number of H-pyrrole nitrogens is 1. The largest absolute Gasteiger partial charge is 0.348 e. The van der Waals surface area contributed by atoms with Gasteiger partial charge in [-0.05, 0) is 6.92 Å². The summed E-state index contributed by atoms with van der Waals surface area (Å²) in [5.41, 5.74) is 0.934. The summed E-state index contributed by atoms with van der Waals surface area (Å²) in [6.07, 6.45) is 8.68. The van der Waals surface area contributed by atoms with Gasteiger partial charge in [0.25, 0.3) is 0 Å². The first kappa shape index (κ1) is 9.79. The Kier molecular flexibility index (Phi) is 3.04. The van der Waals surface area contributed by atoms with E-state index in [1.54, 1.807) is 24.8 Å². The molecule has 0 aliphatic heterocycles. The predicted octanol–water partition coefficient (Wildman–Crippen LogP) is 1.05. The van der Waals surface area contributed by atoms with Crippen LogP contribution in [0.3, 0.4) is 0 Å². The van der Waals surface area contributed by atoms with E-state index in [-0.39, 0.29) is 6.04 Å². The molecule has 0 spiro atoms. The molecule has 0 fully saturated rings. The minimum Gasteiger partial charge on any atom is -0.348 e. The lowest BCUT2D eigenvalue weighted by Crippen LogP contribution is -2.19. The molecule has 2 heterocycles. The Bertz CT molecular complexity index is 383. The van der Waals surface area contributed by atoms with Crippen molar-refractivity contribution in [2.45, 2.75) is 19.5 Å². The first-order chi connectivity index (χ1) is 7.36. The van der Waals surface area contributed by atoms with Crippen LogP contribution >= 0.6 is 0 Å². The molecule has 0 aliphatic carbocycles. The van der Waals surface area contributed by atoms with Gasteiger partial charge >= 0.3 is 0 Å². The Labute approximate surface area is 88.0 Å². The molecule has 0 aromatic carbocycles. The molecule has 0 saturated carbocycles. The highest BCUT2D eigenvalue weighted by atomic mass is 15.0. The number of aromatic amines is 1. The van der Waals surface area contributed by atoms with Crippen molar-refractivity contribution in [3.05, 3.63) is 42.5 Å². The van der Waals surface area contributed by atoms with E-state index >= 15 is 0 Å². The maximum absolute atomic E-state index is 4.22. The summed E-state index contributed by atoms with van der Waals surface area (Å²) in [4.78, 5) is 15.4. The topological polar surface area (TPSA) is 66.5 Å². The van der Waals surface area contributed by atoms with Gasteiger partial charge in [-0.15, -0.1) is 0 Å². The summed E-state index contributed by atoms with van der Waals surface area (Å²) in [6, 6.07) is 0.170. The Morgan fingerprint density at radius 1 is 1.33 bits per heavy atom. The van der Waals surface area contributed by atoms with Crippen LogP contribution < -0.4 is 5.32 Å². The number of hydrogen-bond donors (Lipinski definition) is 2. The number of hydrogen-bond acceptors (Lipinski definition) is 4. The highest BCUT2D eigenvalue weighted by Crippen LogP contribution is 2.06. The van der Waals surface area contributed by atoms with Gasteiger partial charge < -0.3 is 10.3 Å². The van der Waals surface area contributed by atoms with Gasteiger partial charge in [0.05, 0.1) is 12.2 Å². The van der Waals surface area contributed by atoms with E-state index in [1.807, 2.05) is 13.1 Å². The van der Waals surface area contributed by atoms with E-state index in [9.17, 15) is 0 Å². The highest BCUT2D eigenvalue weighted by molar-refractivity contribution is 5.01. The van der Waals surface area contributed by atoms with Crippen LogP contribution in [0.15, 0.2) is 31.0 Å². The van der Waals surface area contributed by atoms with Crippen LogP contribution in [0.2, 0.25) is 0 Å². The van der Waals surface area contributed by atoms with E-state index in [2.05, 4.69) is 25.3 Å². The van der Waals surface area contributed by atoms with Crippen molar-refractivity contribution < 1.29 is 0 Å². The van der Waals surface area contributed by atoms with Gasteiger partial charge in [-0.1, -0.05) is 0 Å². The van der Waals surface area contributed by atoms with E-state index < -0.39 is 0 Å². The second-order valence-electron chi connectivity index (χ2n) is 3.27. The average Bonchev–Trinajstić information content (AvgIpc) is 2.80. The second kappa shape index (κ2) is 4.65. The monoisotopic (exact) mass is 203 g/mol. The average molecular weight is 203 g/mol. The Balaban J connectivity index is 1.90. The Hall–Kier alpha value is -1.75. The zero-order valence-corrected chi connectivity index (χ0v) is 8.51. The summed E-state index contributed by atoms with van der Waals surface area (Å²) in [5.74, 6) is 0.922. The van der Waals surface area contributed by atoms with E-state index in [4.69, 9.17) is 0 Å². The molecule has 0 bridgehead atoms. The minimum absolute atomic E-state index is 0.170. The fourth-order valence-electron chi connectivity index (χ4n) is 1.28. The quantitative estimate of drug-likeness (QED) is 0.779. The third kappa shape index (κ3) is 2.60. The molecule has 1 atom stereocenters. The number of nitrogens with zero attached hydrogens (tertiary/aromatic N) is 3. The van der Waals surface area contributed by atoms with Gasteiger partial charge in [0, 0.05) is 37.0 Å². The van der Waals surface area contributed by atoms with Crippen molar-refractivity contribution in [2.75, 3.05) is 0 Å². The summed E-state index contributed by atoms with van der Waals surface area (Å²) in [6.45, 7) is 2.75. The van der Waals surface area contributed by atoms with Crippen molar-refractivity contribution in [3.8, 4) is 0 Å². The summed E-state index contributed by atoms with van der Waals surface area (Å²) < 4.78 is 0. The number of rotatable bonds is 4. The van der Waals surface area contributed by atoms with E-state index in [0.29, 0.717) is 6.54 Å². The number of aromatic nitrogens is 4. The maximum atomic E-state index is 4.22. The highest BCUT2D eigenvalue weighted by Gasteiger charge is 2.06. The molecule has 0 aliphatic rings. The maximum Gasteiger partial charge on any atom is 0.120 e. The number of nitrogens with one attached hydrogen (secondary N) is 2. The SMILES string of the molecule is CC(NCc1ncc[nH]1)c1cnccn1. The molecule has 0 amide bonds. The van der Waals surface area contributed by atoms with Crippen LogP contribution in [0.5, 0.6) is 0 Å². The second-order valence-corrected chi connectivity index (χ2v) is 3.27. The number of imidazole rings is 1. The van der Waals surface area contributed by atoms with Crippen LogP contribution in [0.4, 0.5) is 0 Å². The molecule has 1 unspecified atom stereocenters. The van der Waals surface area contributed by atoms with Crippen LogP contribution in [0.25, 0.3) is 0 Å². The van der Waals surface area contributed by atoms with Crippen LogP contribution in [-0.2, 0) is 6.54 Å². The summed E-state index contributed by atoms with van der Waals surface area (Å²) in [7, 11) is 0. The van der Waals surface area contributed by atoms with Crippen LogP contribution in [0.1, 0.15) is 24.5 Å². The molecule has 5 nitrogen and oxygen atoms in total. The van der Waals surface area contributed by atoms with Crippen molar-refractivity contribution in [1.29, 1.82) is 0 Å². The Morgan fingerprint density at radius 3 is 2.93 bits per heavy atom. The van der Waals surface area contributed by atoms with Gasteiger partial charge in [-0.3, -0.25) is 9.97 Å². The molecule has 0 saturated heterocycles. The molecule has 78 valence electrons. The van der Waals surface area contributed by atoms with E-state index in [0.717, 1.165) is 11.5 Å². The van der Waals surface area contributed by atoms with Gasteiger partial charge in [0.2, 0.25) is 0 Å². The third-order valence-corrected chi connectivity index (χ3v) is 2.16. The van der Waals surface area contributed by atoms with Crippen LogP contribution in [-0.4, -0.2) is 19.9 Å². The predicted molar refractivity (Wildman–Crippen MR) is 55.9 cm³/mol. The molecule has 2 aromatic rings. The summed E-state index contributed by atoms with van der Waals surface area (Å²) in [5, 5.41) is 3.31. The zero-order valence-electron chi connectivity index (χ0n) is 8.51. The molecule has 2 rings (SSSR count).